The third kappa shape index (κ3) is 3.83. The maximum Gasteiger partial charge on any atom is 0.359 e. The van der Waals surface area contributed by atoms with Gasteiger partial charge in [-0.15, -0.1) is 0 Å². The van der Waals surface area contributed by atoms with Gasteiger partial charge in [0.05, 0.1) is 18.4 Å². The van der Waals surface area contributed by atoms with Gasteiger partial charge >= 0.3 is 5.97 Å². The van der Waals surface area contributed by atoms with Gasteiger partial charge in [0.1, 0.15) is 11.6 Å². The number of para-hydroxylation sites is 1. The van der Waals surface area contributed by atoms with Crippen LogP contribution in [0.15, 0.2) is 48.5 Å². The molecule has 1 aliphatic rings. The van der Waals surface area contributed by atoms with Crippen molar-refractivity contribution in [3.8, 4) is 11.4 Å². The lowest BCUT2D eigenvalue weighted by Crippen LogP contribution is -2.17. The van der Waals surface area contributed by atoms with E-state index in [2.05, 4.69) is 5.10 Å². The van der Waals surface area contributed by atoms with E-state index in [0.29, 0.717) is 23.4 Å². The zero-order valence-electron chi connectivity index (χ0n) is 16.6. The molecule has 7 heteroatoms. The van der Waals surface area contributed by atoms with Crippen LogP contribution in [0.4, 0.5) is 4.39 Å². The number of Topliss-reactive ketones (excluding diaryl/α,β-unsaturated/α-hetero) is 1. The number of halogens is 1. The van der Waals surface area contributed by atoms with Crippen LogP contribution in [0.5, 0.6) is 5.75 Å². The molecule has 30 heavy (non-hydrogen) atoms. The van der Waals surface area contributed by atoms with E-state index in [1.807, 2.05) is 0 Å². The predicted octanol–water partition coefficient (Wildman–Crippen LogP) is 3.94. The fourth-order valence-corrected chi connectivity index (χ4v) is 3.71. The van der Waals surface area contributed by atoms with Crippen LogP contribution in [0.3, 0.4) is 0 Å². The molecule has 6 nitrogen and oxygen atoms in total. The highest BCUT2D eigenvalue weighted by Crippen LogP contribution is 2.27. The molecule has 0 atom stereocenters. The summed E-state index contributed by atoms with van der Waals surface area (Å²) in [7, 11) is 1.48. The molecule has 2 aromatic carbocycles. The van der Waals surface area contributed by atoms with E-state index in [4.69, 9.17) is 9.47 Å². The Labute approximate surface area is 173 Å². The zero-order chi connectivity index (χ0) is 21.1. The lowest BCUT2D eigenvalue weighted by atomic mass is 9.95. The number of aromatic nitrogens is 2. The average Bonchev–Trinajstić information content (AvgIpc) is 3.17. The normalized spacial score (nSPS) is 12.9. The molecule has 0 fully saturated rings. The van der Waals surface area contributed by atoms with Crippen LogP contribution in [0.1, 0.15) is 44.9 Å². The number of rotatable bonds is 6. The maximum atomic E-state index is 13.3. The standard InChI is InChI=1S/C23H21FN2O4/c1-29-21-9-5-3-7-18(21)20(27)14-30-23(28)22-17-6-2-4-8-19(17)26(25-22)16-12-10-15(24)11-13-16/h3,5,7,9-13H,2,4,6,8,14H2,1H3. The lowest BCUT2D eigenvalue weighted by molar-refractivity contribution is 0.0466. The van der Waals surface area contributed by atoms with Crippen molar-refractivity contribution in [3.05, 3.63) is 76.9 Å². The van der Waals surface area contributed by atoms with E-state index in [0.717, 1.165) is 30.5 Å². The molecule has 0 aliphatic heterocycles. The van der Waals surface area contributed by atoms with Gasteiger partial charge in [0.25, 0.3) is 0 Å². The van der Waals surface area contributed by atoms with E-state index in [-0.39, 0.29) is 17.3 Å². The van der Waals surface area contributed by atoms with Gasteiger partial charge in [0.15, 0.2) is 12.3 Å². The third-order valence-electron chi connectivity index (χ3n) is 5.19. The number of hydrogen-bond donors (Lipinski definition) is 0. The Hall–Kier alpha value is -3.48. The number of carbonyl (C=O) groups excluding carboxylic acids is 2. The SMILES string of the molecule is COc1ccccc1C(=O)COC(=O)c1nn(-c2ccc(F)cc2)c2c1CCCC2. The van der Waals surface area contributed by atoms with Crippen LogP contribution < -0.4 is 4.74 Å². The highest BCUT2D eigenvalue weighted by molar-refractivity contribution is 6.01. The number of carbonyl (C=O) groups is 2. The van der Waals surface area contributed by atoms with Crippen molar-refractivity contribution in [2.24, 2.45) is 0 Å². The molecule has 1 heterocycles. The first-order chi connectivity index (χ1) is 14.6. The first-order valence-electron chi connectivity index (χ1n) is 9.78. The summed E-state index contributed by atoms with van der Waals surface area (Å²) in [5, 5.41) is 4.46. The fraction of sp³-hybridized carbons (Fsp3) is 0.261. The Bertz CT molecular complexity index is 1090. The summed E-state index contributed by atoms with van der Waals surface area (Å²) in [6.45, 7) is -0.405. The third-order valence-corrected chi connectivity index (χ3v) is 5.19. The second kappa shape index (κ2) is 8.49. The van der Waals surface area contributed by atoms with E-state index in [9.17, 15) is 14.0 Å². The van der Waals surface area contributed by atoms with Gasteiger partial charge in [-0.2, -0.15) is 5.10 Å². The van der Waals surface area contributed by atoms with Crippen molar-refractivity contribution in [1.29, 1.82) is 0 Å². The van der Waals surface area contributed by atoms with E-state index < -0.39 is 12.6 Å². The van der Waals surface area contributed by atoms with Crippen molar-refractivity contribution in [2.75, 3.05) is 13.7 Å². The number of esters is 1. The van der Waals surface area contributed by atoms with Crippen LogP contribution in [0.2, 0.25) is 0 Å². The van der Waals surface area contributed by atoms with Crippen LogP contribution in [0.25, 0.3) is 5.69 Å². The molecule has 0 unspecified atom stereocenters. The summed E-state index contributed by atoms with van der Waals surface area (Å²) in [5.74, 6) is -0.907. The van der Waals surface area contributed by atoms with Gasteiger partial charge in [-0.1, -0.05) is 12.1 Å². The highest BCUT2D eigenvalue weighted by atomic mass is 19.1. The first kappa shape index (κ1) is 19.8. The van der Waals surface area contributed by atoms with Gasteiger partial charge in [-0.3, -0.25) is 4.79 Å². The molecule has 4 rings (SSSR count). The van der Waals surface area contributed by atoms with Gasteiger partial charge in [-0.05, 0) is 62.1 Å². The van der Waals surface area contributed by atoms with Gasteiger partial charge in [-0.25, -0.2) is 13.9 Å². The predicted molar refractivity (Wildman–Crippen MR) is 108 cm³/mol. The van der Waals surface area contributed by atoms with Crippen molar-refractivity contribution >= 4 is 11.8 Å². The molecule has 0 spiro atoms. The summed E-state index contributed by atoms with van der Waals surface area (Å²) in [6, 6.07) is 12.7. The Morgan fingerprint density at radius 3 is 2.57 bits per heavy atom. The Morgan fingerprint density at radius 2 is 1.80 bits per heavy atom. The van der Waals surface area contributed by atoms with E-state index >= 15 is 0 Å². The minimum absolute atomic E-state index is 0.210. The van der Waals surface area contributed by atoms with Crippen LogP contribution in [-0.2, 0) is 17.6 Å². The Balaban J connectivity index is 1.57. The van der Waals surface area contributed by atoms with Crippen molar-refractivity contribution in [1.82, 2.24) is 9.78 Å². The highest BCUT2D eigenvalue weighted by Gasteiger charge is 2.27. The number of ether oxygens (including phenoxy) is 2. The number of nitrogens with zero attached hydrogens (tertiary/aromatic N) is 2. The Kier molecular flexibility index (Phi) is 5.61. The smallest absolute Gasteiger partial charge is 0.359 e. The number of hydrogen-bond acceptors (Lipinski definition) is 5. The monoisotopic (exact) mass is 408 g/mol. The van der Waals surface area contributed by atoms with Crippen LogP contribution in [-0.4, -0.2) is 35.2 Å². The molecule has 0 saturated carbocycles. The van der Waals surface area contributed by atoms with Gasteiger partial charge < -0.3 is 9.47 Å². The maximum absolute atomic E-state index is 13.3. The van der Waals surface area contributed by atoms with Gasteiger partial charge in [0.2, 0.25) is 5.78 Å². The van der Waals surface area contributed by atoms with Crippen LogP contribution >= 0.6 is 0 Å². The molecule has 154 valence electrons. The molecule has 1 aliphatic carbocycles. The first-order valence-corrected chi connectivity index (χ1v) is 9.78. The summed E-state index contributed by atoms with van der Waals surface area (Å²) < 4.78 is 25.5. The van der Waals surface area contributed by atoms with Crippen LogP contribution in [0, 0.1) is 5.82 Å². The molecule has 0 radical (unpaired) electrons. The second-order valence-electron chi connectivity index (χ2n) is 7.07. The molecule has 0 bridgehead atoms. The number of fused-ring (bicyclic) bond motifs is 1. The molecular weight excluding hydrogens is 387 g/mol. The van der Waals surface area contributed by atoms with Crippen molar-refractivity contribution in [3.63, 3.8) is 0 Å². The average molecular weight is 408 g/mol. The summed E-state index contributed by atoms with van der Waals surface area (Å²) >= 11 is 0. The molecular formula is C23H21FN2O4. The van der Waals surface area contributed by atoms with Crippen molar-refractivity contribution < 1.29 is 23.5 Å². The fourth-order valence-electron chi connectivity index (χ4n) is 3.71. The summed E-state index contributed by atoms with van der Waals surface area (Å²) in [6.07, 6.45) is 3.41. The number of benzene rings is 2. The minimum atomic E-state index is -0.641. The molecule has 0 N–H and O–H groups in total. The molecule has 1 aromatic heterocycles. The largest absolute Gasteiger partial charge is 0.496 e. The molecule has 0 saturated heterocycles. The topological polar surface area (TPSA) is 70.4 Å². The Morgan fingerprint density at radius 1 is 1.07 bits per heavy atom. The summed E-state index contributed by atoms with van der Waals surface area (Å²) in [5.41, 5.74) is 3.00. The number of methoxy groups -OCH3 is 1. The number of ketones is 1. The second-order valence-corrected chi connectivity index (χ2v) is 7.07. The zero-order valence-corrected chi connectivity index (χ0v) is 16.6. The van der Waals surface area contributed by atoms with E-state index in [1.54, 1.807) is 41.1 Å². The summed E-state index contributed by atoms with van der Waals surface area (Å²) in [4.78, 5) is 25.3. The molecule has 0 amide bonds. The molecule has 3 aromatic rings. The quantitative estimate of drug-likeness (QED) is 0.456. The van der Waals surface area contributed by atoms with Crippen molar-refractivity contribution in [2.45, 2.75) is 25.7 Å². The van der Waals surface area contributed by atoms with E-state index in [1.165, 1.54) is 19.2 Å². The minimum Gasteiger partial charge on any atom is -0.496 e. The van der Waals surface area contributed by atoms with Gasteiger partial charge in [0, 0.05) is 11.3 Å². The lowest BCUT2D eigenvalue weighted by Gasteiger charge is -2.14.